The molecule has 0 spiro atoms. The van der Waals surface area contributed by atoms with E-state index >= 15 is 0 Å². The molecule has 5 rings (SSSR count). The average Bonchev–Trinajstić information content (AvgIpc) is 3.53. The van der Waals surface area contributed by atoms with Crippen LogP contribution in [0.1, 0.15) is 50.1 Å². The summed E-state index contributed by atoms with van der Waals surface area (Å²) < 4.78 is 54.7. The van der Waals surface area contributed by atoms with Crippen molar-refractivity contribution < 1.29 is 31.9 Å². The van der Waals surface area contributed by atoms with Crippen LogP contribution in [0.25, 0.3) is 0 Å². The molecule has 1 aromatic heterocycles. The van der Waals surface area contributed by atoms with Crippen molar-refractivity contribution in [1.29, 1.82) is 0 Å². The Morgan fingerprint density at radius 1 is 1.10 bits per heavy atom. The lowest BCUT2D eigenvalue weighted by Crippen LogP contribution is -2.29. The lowest BCUT2D eigenvalue weighted by molar-refractivity contribution is -0.275. The number of alkyl halides is 3. The SMILES string of the molecule is C=C1N=NNN1c1ccc2c(c1)CC[C@@H]2NC(=O)c1cc(C(=O)NCc2ccc(F)c(OC(F)(F)F)c2)ncn1. The van der Waals surface area contributed by atoms with Gasteiger partial charge in [0.15, 0.2) is 17.4 Å². The van der Waals surface area contributed by atoms with Gasteiger partial charge in [0, 0.05) is 12.6 Å². The number of anilines is 1. The van der Waals surface area contributed by atoms with Gasteiger partial charge in [0.05, 0.1) is 11.7 Å². The molecule has 1 aliphatic heterocycles. The molecule has 0 saturated carbocycles. The van der Waals surface area contributed by atoms with E-state index < -0.39 is 29.7 Å². The third kappa shape index (κ3) is 5.82. The lowest BCUT2D eigenvalue weighted by atomic mass is 10.1. The summed E-state index contributed by atoms with van der Waals surface area (Å²) in [5.41, 5.74) is 5.48. The van der Waals surface area contributed by atoms with E-state index in [1.54, 1.807) is 5.01 Å². The molecule has 2 aliphatic rings. The smallest absolute Gasteiger partial charge is 0.403 e. The summed E-state index contributed by atoms with van der Waals surface area (Å²) in [7, 11) is 0. The third-order valence-electron chi connectivity index (χ3n) is 6.14. The van der Waals surface area contributed by atoms with Crippen LogP contribution in [-0.2, 0) is 13.0 Å². The first kappa shape index (κ1) is 26.5. The number of amides is 2. The molecule has 1 aliphatic carbocycles. The van der Waals surface area contributed by atoms with E-state index in [-0.39, 0.29) is 29.5 Å². The van der Waals surface area contributed by atoms with Gasteiger partial charge in [-0.25, -0.2) is 19.4 Å². The van der Waals surface area contributed by atoms with Crippen LogP contribution in [0.5, 0.6) is 5.75 Å². The summed E-state index contributed by atoms with van der Waals surface area (Å²) in [4.78, 5) is 33.4. The average molecular weight is 556 g/mol. The van der Waals surface area contributed by atoms with Gasteiger partial charge in [-0.05, 0) is 53.8 Å². The van der Waals surface area contributed by atoms with Gasteiger partial charge in [0.2, 0.25) is 0 Å². The van der Waals surface area contributed by atoms with E-state index in [1.807, 2.05) is 18.2 Å². The number of fused-ring (bicyclic) bond motifs is 1. The van der Waals surface area contributed by atoms with Crippen molar-refractivity contribution in [2.24, 2.45) is 10.3 Å². The summed E-state index contributed by atoms with van der Waals surface area (Å²) in [6.45, 7) is 3.56. The minimum absolute atomic E-state index is 0.0475. The van der Waals surface area contributed by atoms with Crippen molar-refractivity contribution in [3.63, 3.8) is 0 Å². The standard InChI is InChI=1S/C25H20F4N8O3/c1-13-34-35-36-37(13)16-4-5-17-15(9-16)3-7-19(17)33-24(39)21-10-20(31-12-32-21)23(38)30-11-14-2-6-18(26)22(8-14)40-25(27,28)29/h2,4-6,8-10,12,19H,1,3,7,11H2,(H,30,38)(H,33,39)(H,34,36)/t19-/m0/s1. The first-order valence-electron chi connectivity index (χ1n) is 11.8. The molecule has 15 heteroatoms. The molecule has 40 heavy (non-hydrogen) atoms. The fraction of sp³-hybridized carbons (Fsp3) is 0.200. The Morgan fingerprint density at radius 2 is 1.88 bits per heavy atom. The molecule has 0 saturated heterocycles. The van der Waals surface area contributed by atoms with Crippen molar-refractivity contribution in [2.75, 3.05) is 5.01 Å². The van der Waals surface area contributed by atoms with E-state index in [9.17, 15) is 27.2 Å². The van der Waals surface area contributed by atoms with Crippen LogP contribution in [0.4, 0.5) is 23.2 Å². The summed E-state index contributed by atoms with van der Waals surface area (Å²) >= 11 is 0. The van der Waals surface area contributed by atoms with Crippen LogP contribution in [0.3, 0.4) is 0 Å². The highest BCUT2D eigenvalue weighted by atomic mass is 19.4. The number of aromatic nitrogens is 2. The Balaban J connectivity index is 1.21. The highest BCUT2D eigenvalue weighted by Crippen LogP contribution is 2.35. The summed E-state index contributed by atoms with van der Waals surface area (Å²) in [6, 6.07) is 9.45. The summed E-state index contributed by atoms with van der Waals surface area (Å²) in [5.74, 6) is -3.00. The van der Waals surface area contributed by atoms with Crippen molar-refractivity contribution in [1.82, 2.24) is 26.1 Å². The van der Waals surface area contributed by atoms with E-state index in [1.165, 1.54) is 12.1 Å². The fourth-order valence-corrected chi connectivity index (χ4v) is 4.30. The van der Waals surface area contributed by atoms with Gasteiger partial charge in [-0.2, -0.15) is 5.53 Å². The van der Waals surface area contributed by atoms with Crippen molar-refractivity contribution in [3.05, 3.63) is 95.1 Å². The molecular weight excluding hydrogens is 536 g/mol. The normalized spacial score (nSPS) is 15.9. The minimum atomic E-state index is -5.07. The van der Waals surface area contributed by atoms with Crippen LogP contribution in [-0.4, -0.2) is 28.1 Å². The highest BCUT2D eigenvalue weighted by Gasteiger charge is 2.32. The number of aryl methyl sites for hydroxylation is 1. The zero-order valence-corrected chi connectivity index (χ0v) is 20.5. The molecule has 206 valence electrons. The molecule has 3 N–H and O–H groups in total. The molecule has 0 fully saturated rings. The van der Waals surface area contributed by atoms with Gasteiger partial charge in [-0.1, -0.05) is 23.9 Å². The Kier molecular flexibility index (Phi) is 7.02. The van der Waals surface area contributed by atoms with Crippen LogP contribution in [0, 0.1) is 5.82 Å². The van der Waals surface area contributed by atoms with Crippen LogP contribution < -0.4 is 25.9 Å². The van der Waals surface area contributed by atoms with Crippen LogP contribution in [0.15, 0.2) is 71.5 Å². The maximum atomic E-state index is 13.6. The first-order chi connectivity index (χ1) is 19.1. The second-order valence-corrected chi connectivity index (χ2v) is 8.78. The summed E-state index contributed by atoms with van der Waals surface area (Å²) in [6.07, 6.45) is -2.64. The second-order valence-electron chi connectivity index (χ2n) is 8.78. The number of hydrazine groups is 1. The second kappa shape index (κ2) is 10.6. The molecule has 0 bridgehead atoms. The minimum Gasteiger partial charge on any atom is -0.403 e. The number of ether oxygens (including phenoxy) is 1. The Labute approximate surface area is 223 Å². The van der Waals surface area contributed by atoms with Gasteiger partial charge in [-0.15, -0.1) is 18.3 Å². The maximum absolute atomic E-state index is 13.6. The maximum Gasteiger partial charge on any atom is 0.573 e. The fourth-order valence-electron chi connectivity index (χ4n) is 4.30. The molecule has 2 amide bonds. The molecule has 3 aromatic rings. The highest BCUT2D eigenvalue weighted by molar-refractivity contribution is 5.97. The number of halogens is 4. The number of rotatable bonds is 7. The molecule has 11 nitrogen and oxygen atoms in total. The number of hydrogen-bond donors (Lipinski definition) is 3. The monoisotopic (exact) mass is 556 g/mol. The van der Waals surface area contributed by atoms with Crippen LogP contribution in [0.2, 0.25) is 0 Å². The van der Waals surface area contributed by atoms with Crippen molar-refractivity contribution in [2.45, 2.75) is 31.8 Å². The third-order valence-corrected chi connectivity index (χ3v) is 6.14. The first-order valence-corrected chi connectivity index (χ1v) is 11.8. The van der Waals surface area contributed by atoms with E-state index in [4.69, 9.17) is 0 Å². The Bertz CT molecular complexity index is 1530. The quantitative estimate of drug-likeness (QED) is 0.375. The molecule has 2 aromatic carbocycles. The predicted octanol–water partition coefficient (Wildman–Crippen LogP) is 4.02. The zero-order valence-electron chi connectivity index (χ0n) is 20.5. The molecule has 0 radical (unpaired) electrons. The molecule has 2 heterocycles. The van der Waals surface area contributed by atoms with Gasteiger partial charge < -0.3 is 15.4 Å². The van der Waals surface area contributed by atoms with Gasteiger partial charge in [0.1, 0.15) is 17.7 Å². The Hall–Kier alpha value is -5.08. The van der Waals surface area contributed by atoms with Crippen molar-refractivity contribution in [3.8, 4) is 5.75 Å². The predicted molar refractivity (Wildman–Crippen MR) is 131 cm³/mol. The molecular formula is C25H20F4N8O3. The lowest BCUT2D eigenvalue weighted by Gasteiger charge is -2.18. The molecule has 1 atom stereocenters. The topological polar surface area (TPSA) is 133 Å². The van der Waals surface area contributed by atoms with E-state index in [0.717, 1.165) is 41.7 Å². The number of benzene rings is 2. The largest absolute Gasteiger partial charge is 0.573 e. The summed E-state index contributed by atoms with van der Waals surface area (Å²) in [5, 5.41) is 14.6. The van der Waals surface area contributed by atoms with Gasteiger partial charge in [0.25, 0.3) is 11.8 Å². The van der Waals surface area contributed by atoms with Crippen molar-refractivity contribution >= 4 is 17.5 Å². The van der Waals surface area contributed by atoms with E-state index in [2.05, 4.69) is 47.8 Å². The van der Waals surface area contributed by atoms with E-state index in [0.29, 0.717) is 12.2 Å². The zero-order chi connectivity index (χ0) is 28.4. The van der Waals surface area contributed by atoms with Crippen LogP contribution >= 0.6 is 0 Å². The Morgan fingerprint density at radius 3 is 2.60 bits per heavy atom. The number of carbonyl (C=O) groups excluding carboxylic acids is 2. The number of hydrogen-bond acceptors (Lipinski definition) is 9. The van der Waals surface area contributed by atoms with Gasteiger partial charge >= 0.3 is 6.36 Å². The molecule has 0 unspecified atom stereocenters. The number of nitrogens with zero attached hydrogens (tertiary/aromatic N) is 5. The number of nitrogens with one attached hydrogen (secondary N) is 3. The number of carbonyl (C=O) groups is 2. The van der Waals surface area contributed by atoms with Gasteiger partial charge in [-0.3, -0.25) is 9.59 Å².